The van der Waals surface area contributed by atoms with Gasteiger partial charge in [-0.2, -0.15) is 0 Å². The lowest BCUT2D eigenvalue weighted by molar-refractivity contribution is 0.133. The van der Waals surface area contributed by atoms with Gasteiger partial charge in [0.2, 0.25) is 0 Å². The van der Waals surface area contributed by atoms with Crippen LogP contribution in [0.1, 0.15) is 38.2 Å². The first-order valence-corrected chi connectivity index (χ1v) is 7.20. The Morgan fingerprint density at radius 3 is 2.78 bits per heavy atom. The minimum absolute atomic E-state index is 0.678. The summed E-state index contributed by atoms with van der Waals surface area (Å²) in [4.78, 5) is 2.44. The van der Waals surface area contributed by atoms with E-state index in [-0.39, 0.29) is 0 Å². The average Bonchev–Trinajstić information content (AvgIpc) is 2.34. The molecule has 0 heterocycles. The minimum atomic E-state index is 0.678. The average molecular weight is 267 g/mol. The monoisotopic (exact) mass is 266 g/mol. The van der Waals surface area contributed by atoms with Crippen LogP contribution in [0.5, 0.6) is 0 Å². The summed E-state index contributed by atoms with van der Waals surface area (Å²) in [6.45, 7) is 3.25. The highest BCUT2D eigenvalue weighted by atomic mass is 35.5. The lowest BCUT2D eigenvalue weighted by atomic mass is 9.85. The summed E-state index contributed by atoms with van der Waals surface area (Å²) in [6, 6.07) is 6.41. The summed E-state index contributed by atoms with van der Waals surface area (Å²) < 4.78 is 0. The number of nitrogens with two attached hydrogens (primary N) is 1. The summed E-state index contributed by atoms with van der Waals surface area (Å²) in [5.74, 6) is 0.782. The molecule has 2 atom stereocenters. The first kappa shape index (κ1) is 13.7. The molecule has 0 bridgehead atoms. The van der Waals surface area contributed by atoms with Crippen molar-refractivity contribution in [2.45, 2.75) is 45.2 Å². The first-order chi connectivity index (χ1) is 8.58. The smallest absolute Gasteiger partial charge is 0.0410 e. The molecule has 0 aromatic heterocycles. The fourth-order valence-corrected chi connectivity index (χ4v) is 3.24. The summed E-state index contributed by atoms with van der Waals surface area (Å²) in [5, 5.41) is 0.768. The van der Waals surface area contributed by atoms with Gasteiger partial charge in [-0.1, -0.05) is 31.4 Å². The second kappa shape index (κ2) is 5.94. The lowest BCUT2D eigenvalue weighted by Gasteiger charge is -2.36. The highest BCUT2D eigenvalue weighted by Crippen LogP contribution is 2.29. The van der Waals surface area contributed by atoms with Gasteiger partial charge >= 0.3 is 0 Å². The molecule has 1 fully saturated rings. The number of hydrogen-bond acceptors (Lipinski definition) is 2. The molecule has 1 saturated carbocycles. The summed E-state index contributed by atoms with van der Waals surface area (Å²) in [7, 11) is 2.20. The SMILES string of the molecule is CC1CCCCC1N(C)Cc1cc(Cl)ccc1N. The number of rotatable bonds is 3. The molecule has 2 rings (SSSR count). The molecule has 100 valence electrons. The molecule has 0 spiro atoms. The molecule has 1 aliphatic carbocycles. The van der Waals surface area contributed by atoms with Gasteiger partial charge in [0, 0.05) is 23.3 Å². The van der Waals surface area contributed by atoms with Crippen LogP contribution in [0.2, 0.25) is 5.02 Å². The molecule has 0 radical (unpaired) electrons. The zero-order valence-electron chi connectivity index (χ0n) is 11.3. The first-order valence-electron chi connectivity index (χ1n) is 6.82. The van der Waals surface area contributed by atoms with E-state index in [1.54, 1.807) is 0 Å². The van der Waals surface area contributed by atoms with Crippen molar-refractivity contribution in [1.29, 1.82) is 0 Å². The molecule has 1 aromatic rings. The van der Waals surface area contributed by atoms with Crippen LogP contribution < -0.4 is 5.73 Å². The van der Waals surface area contributed by atoms with Gasteiger partial charge in [-0.25, -0.2) is 0 Å². The third kappa shape index (κ3) is 3.18. The normalized spacial score (nSPS) is 24.4. The summed E-state index contributed by atoms with van der Waals surface area (Å²) >= 11 is 6.04. The van der Waals surface area contributed by atoms with Gasteiger partial charge in [0.25, 0.3) is 0 Å². The van der Waals surface area contributed by atoms with Crippen LogP contribution in [0.3, 0.4) is 0 Å². The third-order valence-electron chi connectivity index (χ3n) is 4.16. The second-order valence-corrected chi connectivity index (χ2v) is 6.02. The maximum absolute atomic E-state index is 6.04. The lowest BCUT2D eigenvalue weighted by Crippen LogP contribution is -2.38. The minimum Gasteiger partial charge on any atom is -0.398 e. The van der Waals surface area contributed by atoms with Crippen molar-refractivity contribution < 1.29 is 0 Å². The van der Waals surface area contributed by atoms with Gasteiger partial charge < -0.3 is 5.73 Å². The maximum atomic E-state index is 6.04. The van der Waals surface area contributed by atoms with Crippen LogP contribution in [-0.4, -0.2) is 18.0 Å². The predicted octanol–water partition coefficient (Wildman–Crippen LogP) is 3.93. The Morgan fingerprint density at radius 1 is 1.33 bits per heavy atom. The number of anilines is 1. The van der Waals surface area contributed by atoms with Gasteiger partial charge in [0.05, 0.1) is 0 Å². The number of hydrogen-bond donors (Lipinski definition) is 1. The zero-order chi connectivity index (χ0) is 13.1. The molecule has 2 unspecified atom stereocenters. The highest BCUT2D eigenvalue weighted by molar-refractivity contribution is 6.30. The Kier molecular flexibility index (Phi) is 4.52. The van der Waals surface area contributed by atoms with Crippen molar-refractivity contribution >= 4 is 17.3 Å². The van der Waals surface area contributed by atoms with Crippen LogP contribution in [0.25, 0.3) is 0 Å². The van der Waals surface area contributed by atoms with Gasteiger partial charge in [-0.3, -0.25) is 4.90 Å². The van der Waals surface area contributed by atoms with E-state index >= 15 is 0 Å². The van der Waals surface area contributed by atoms with Crippen LogP contribution in [-0.2, 0) is 6.54 Å². The van der Waals surface area contributed by atoms with Crippen LogP contribution in [0, 0.1) is 5.92 Å². The van der Waals surface area contributed by atoms with Crippen molar-refractivity contribution in [3.05, 3.63) is 28.8 Å². The number of nitrogens with zero attached hydrogens (tertiary/aromatic N) is 1. The summed E-state index contributed by atoms with van der Waals surface area (Å²) in [5.41, 5.74) is 8.00. The van der Waals surface area contributed by atoms with E-state index in [1.165, 1.54) is 25.7 Å². The zero-order valence-corrected chi connectivity index (χ0v) is 12.1. The van der Waals surface area contributed by atoms with Crippen molar-refractivity contribution in [1.82, 2.24) is 4.90 Å². The molecular weight excluding hydrogens is 244 g/mol. The number of benzene rings is 1. The Morgan fingerprint density at radius 2 is 2.06 bits per heavy atom. The fraction of sp³-hybridized carbons (Fsp3) is 0.600. The molecule has 1 aromatic carbocycles. The quantitative estimate of drug-likeness (QED) is 0.840. The summed E-state index contributed by atoms with van der Waals surface area (Å²) in [6.07, 6.45) is 5.38. The molecule has 2 nitrogen and oxygen atoms in total. The van der Waals surface area contributed by atoms with Crippen LogP contribution >= 0.6 is 11.6 Å². The van der Waals surface area contributed by atoms with E-state index in [9.17, 15) is 0 Å². The van der Waals surface area contributed by atoms with Crippen molar-refractivity contribution in [3.8, 4) is 0 Å². The van der Waals surface area contributed by atoms with Crippen LogP contribution in [0.15, 0.2) is 18.2 Å². The highest BCUT2D eigenvalue weighted by Gasteiger charge is 2.25. The third-order valence-corrected chi connectivity index (χ3v) is 4.39. The number of nitrogen functional groups attached to an aromatic ring is 1. The predicted molar refractivity (Wildman–Crippen MR) is 78.8 cm³/mol. The van der Waals surface area contributed by atoms with Gasteiger partial charge in [-0.15, -0.1) is 0 Å². The van der Waals surface area contributed by atoms with Crippen LogP contribution in [0.4, 0.5) is 5.69 Å². The van der Waals surface area contributed by atoms with Crippen molar-refractivity contribution in [2.24, 2.45) is 5.92 Å². The molecule has 0 saturated heterocycles. The van der Waals surface area contributed by atoms with Gasteiger partial charge in [-0.05, 0) is 49.6 Å². The second-order valence-electron chi connectivity index (χ2n) is 5.59. The maximum Gasteiger partial charge on any atom is 0.0410 e. The van der Waals surface area contributed by atoms with Gasteiger partial charge in [0.1, 0.15) is 0 Å². The Labute approximate surface area is 115 Å². The Bertz CT molecular complexity index is 405. The molecule has 1 aliphatic rings. The molecule has 0 amide bonds. The van der Waals surface area contributed by atoms with E-state index in [0.717, 1.165) is 28.7 Å². The number of halogens is 1. The molecule has 3 heteroatoms. The molecular formula is C15H23ClN2. The fourth-order valence-electron chi connectivity index (χ4n) is 3.05. The Balaban J connectivity index is 2.05. The Hall–Kier alpha value is -0.730. The van der Waals surface area contributed by atoms with E-state index in [1.807, 2.05) is 18.2 Å². The molecule has 0 aliphatic heterocycles. The standard InChI is InChI=1S/C15H23ClN2/c1-11-5-3-4-6-15(11)18(2)10-12-9-13(16)7-8-14(12)17/h7-9,11,15H,3-6,10,17H2,1-2H3. The van der Waals surface area contributed by atoms with Gasteiger partial charge in [0.15, 0.2) is 0 Å². The van der Waals surface area contributed by atoms with E-state index in [2.05, 4.69) is 18.9 Å². The van der Waals surface area contributed by atoms with E-state index < -0.39 is 0 Å². The molecule has 18 heavy (non-hydrogen) atoms. The van der Waals surface area contributed by atoms with E-state index in [4.69, 9.17) is 17.3 Å². The largest absolute Gasteiger partial charge is 0.398 e. The van der Waals surface area contributed by atoms with E-state index in [0.29, 0.717) is 6.04 Å². The topological polar surface area (TPSA) is 29.3 Å². The molecule has 2 N–H and O–H groups in total. The van der Waals surface area contributed by atoms with Crippen molar-refractivity contribution in [3.63, 3.8) is 0 Å². The van der Waals surface area contributed by atoms with Crippen molar-refractivity contribution in [2.75, 3.05) is 12.8 Å².